The van der Waals surface area contributed by atoms with Crippen molar-refractivity contribution in [3.8, 4) is 0 Å². The highest BCUT2D eigenvalue weighted by Gasteiger charge is 2.34. The van der Waals surface area contributed by atoms with Gasteiger partial charge in [-0.05, 0) is 13.3 Å². The molecule has 0 radical (unpaired) electrons. The summed E-state index contributed by atoms with van der Waals surface area (Å²) in [4.78, 5) is 4.09. The van der Waals surface area contributed by atoms with E-state index in [1.165, 1.54) is 16.9 Å². The summed E-state index contributed by atoms with van der Waals surface area (Å²) in [5, 5.41) is 6.62. The molecular weight excluding hydrogens is 257 g/mol. The molecule has 0 aliphatic carbocycles. The molecule has 19 heavy (non-hydrogen) atoms. The molecule has 2 aromatic rings. The topological polar surface area (TPSA) is 42.2 Å². The lowest BCUT2D eigenvalue weighted by atomic mass is 10.2. The number of hydrogen-bond donors (Lipinski definition) is 1. The molecule has 7 heteroatoms. The minimum atomic E-state index is -4.45. The van der Waals surface area contributed by atoms with Crippen molar-refractivity contribution in [2.45, 2.75) is 38.9 Å². The van der Waals surface area contributed by atoms with Gasteiger partial charge in [0.15, 0.2) is 11.5 Å². The fourth-order valence-electron chi connectivity index (χ4n) is 1.91. The molecule has 1 N–H and O–H groups in total. The average Bonchev–Trinajstić information content (AvgIpc) is 2.74. The number of rotatable bonds is 4. The van der Waals surface area contributed by atoms with Crippen LogP contribution in [0, 0.1) is 0 Å². The van der Waals surface area contributed by atoms with Crippen LogP contribution >= 0.6 is 0 Å². The molecule has 0 amide bonds. The van der Waals surface area contributed by atoms with E-state index >= 15 is 0 Å². The summed E-state index contributed by atoms with van der Waals surface area (Å²) in [5.74, 6) is 0.423. The van der Waals surface area contributed by atoms with E-state index in [9.17, 15) is 13.2 Å². The molecule has 4 nitrogen and oxygen atoms in total. The third kappa shape index (κ3) is 2.97. The SMILES string of the molecule is CCCC(C)Nc1nccn2nc(C(F)(F)F)cc12. The van der Waals surface area contributed by atoms with E-state index in [-0.39, 0.29) is 6.04 Å². The number of anilines is 1. The van der Waals surface area contributed by atoms with Crippen LogP contribution in [0.5, 0.6) is 0 Å². The van der Waals surface area contributed by atoms with Crippen LogP contribution in [0.25, 0.3) is 5.52 Å². The van der Waals surface area contributed by atoms with Crippen LogP contribution in [0.2, 0.25) is 0 Å². The number of fused-ring (bicyclic) bond motifs is 1. The van der Waals surface area contributed by atoms with Gasteiger partial charge >= 0.3 is 6.18 Å². The van der Waals surface area contributed by atoms with Crippen LogP contribution in [-0.4, -0.2) is 20.6 Å². The molecule has 1 unspecified atom stereocenters. The Morgan fingerprint density at radius 1 is 1.42 bits per heavy atom. The largest absolute Gasteiger partial charge is 0.435 e. The zero-order valence-corrected chi connectivity index (χ0v) is 10.7. The lowest BCUT2D eigenvalue weighted by molar-refractivity contribution is -0.141. The van der Waals surface area contributed by atoms with Crippen molar-refractivity contribution in [3.63, 3.8) is 0 Å². The number of halogens is 3. The Balaban J connectivity index is 2.37. The Kier molecular flexibility index (Phi) is 3.64. The molecule has 0 aliphatic rings. The maximum atomic E-state index is 12.6. The van der Waals surface area contributed by atoms with E-state index in [1.54, 1.807) is 0 Å². The van der Waals surface area contributed by atoms with Gasteiger partial charge in [0.25, 0.3) is 0 Å². The van der Waals surface area contributed by atoms with Gasteiger partial charge in [0, 0.05) is 24.5 Å². The molecule has 0 aromatic carbocycles. The second-order valence-corrected chi connectivity index (χ2v) is 4.47. The summed E-state index contributed by atoms with van der Waals surface area (Å²) in [7, 11) is 0. The molecule has 0 saturated heterocycles. The average molecular weight is 272 g/mol. The van der Waals surface area contributed by atoms with Crippen molar-refractivity contribution in [1.82, 2.24) is 14.6 Å². The number of nitrogens with zero attached hydrogens (tertiary/aromatic N) is 3. The molecule has 0 bridgehead atoms. The summed E-state index contributed by atoms with van der Waals surface area (Å²) >= 11 is 0. The molecule has 2 heterocycles. The Morgan fingerprint density at radius 2 is 2.16 bits per heavy atom. The zero-order chi connectivity index (χ0) is 14.0. The minimum absolute atomic E-state index is 0.146. The van der Waals surface area contributed by atoms with Crippen molar-refractivity contribution >= 4 is 11.3 Å². The summed E-state index contributed by atoms with van der Waals surface area (Å²) in [6.07, 6.45) is 0.299. The van der Waals surface area contributed by atoms with Gasteiger partial charge in [-0.1, -0.05) is 13.3 Å². The maximum absolute atomic E-state index is 12.6. The first-order valence-corrected chi connectivity index (χ1v) is 6.10. The Morgan fingerprint density at radius 3 is 2.79 bits per heavy atom. The lowest BCUT2D eigenvalue weighted by Crippen LogP contribution is -2.16. The van der Waals surface area contributed by atoms with Gasteiger partial charge in [-0.15, -0.1) is 0 Å². The maximum Gasteiger partial charge on any atom is 0.435 e. The zero-order valence-electron chi connectivity index (χ0n) is 10.7. The third-order valence-electron chi connectivity index (χ3n) is 2.79. The molecule has 0 saturated carbocycles. The van der Waals surface area contributed by atoms with Gasteiger partial charge in [0.1, 0.15) is 5.52 Å². The van der Waals surface area contributed by atoms with Crippen LogP contribution in [0.1, 0.15) is 32.4 Å². The van der Waals surface area contributed by atoms with Crippen LogP contribution in [0.3, 0.4) is 0 Å². The highest BCUT2D eigenvalue weighted by Crippen LogP contribution is 2.30. The van der Waals surface area contributed by atoms with Crippen molar-refractivity contribution in [3.05, 3.63) is 24.2 Å². The van der Waals surface area contributed by atoms with Crippen LogP contribution < -0.4 is 5.32 Å². The fourth-order valence-corrected chi connectivity index (χ4v) is 1.91. The van der Waals surface area contributed by atoms with Crippen molar-refractivity contribution in [2.75, 3.05) is 5.32 Å². The first-order valence-electron chi connectivity index (χ1n) is 6.10. The van der Waals surface area contributed by atoms with Crippen LogP contribution in [0.15, 0.2) is 18.5 Å². The molecular formula is C12H15F3N4. The smallest absolute Gasteiger partial charge is 0.366 e. The second kappa shape index (κ2) is 5.07. The summed E-state index contributed by atoms with van der Waals surface area (Å²) in [6, 6.07) is 1.15. The summed E-state index contributed by atoms with van der Waals surface area (Å²) in [6.45, 7) is 4.02. The number of alkyl halides is 3. The first kappa shape index (κ1) is 13.6. The van der Waals surface area contributed by atoms with E-state index in [0.29, 0.717) is 11.3 Å². The van der Waals surface area contributed by atoms with E-state index in [2.05, 4.69) is 15.4 Å². The first-order chi connectivity index (χ1) is 8.91. The minimum Gasteiger partial charge on any atom is -0.366 e. The van der Waals surface area contributed by atoms with E-state index in [4.69, 9.17) is 0 Å². The molecule has 0 spiro atoms. The fraction of sp³-hybridized carbons (Fsp3) is 0.500. The van der Waals surface area contributed by atoms with Gasteiger partial charge in [0.05, 0.1) is 0 Å². The van der Waals surface area contributed by atoms with Gasteiger partial charge < -0.3 is 5.32 Å². The highest BCUT2D eigenvalue weighted by molar-refractivity contribution is 5.68. The van der Waals surface area contributed by atoms with Gasteiger partial charge in [-0.2, -0.15) is 18.3 Å². The predicted molar refractivity (Wildman–Crippen MR) is 66.0 cm³/mol. The Bertz CT molecular complexity index is 562. The van der Waals surface area contributed by atoms with Crippen LogP contribution in [0.4, 0.5) is 19.0 Å². The summed E-state index contributed by atoms with van der Waals surface area (Å²) in [5.41, 5.74) is -0.579. The molecule has 104 valence electrons. The van der Waals surface area contributed by atoms with E-state index in [1.807, 2.05) is 13.8 Å². The number of nitrogens with one attached hydrogen (secondary N) is 1. The quantitative estimate of drug-likeness (QED) is 0.928. The molecule has 1 atom stereocenters. The van der Waals surface area contributed by atoms with E-state index in [0.717, 1.165) is 18.9 Å². The lowest BCUT2D eigenvalue weighted by Gasteiger charge is -2.13. The monoisotopic (exact) mass is 272 g/mol. The normalized spacial score (nSPS) is 13.7. The molecule has 0 fully saturated rings. The van der Waals surface area contributed by atoms with Gasteiger partial charge in [-0.25, -0.2) is 9.50 Å². The second-order valence-electron chi connectivity index (χ2n) is 4.47. The Hall–Kier alpha value is -1.79. The van der Waals surface area contributed by atoms with Crippen LogP contribution in [-0.2, 0) is 6.18 Å². The van der Waals surface area contributed by atoms with Crippen molar-refractivity contribution in [2.24, 2.45) is 0 Å². The Labute approximate surface area is 108 Å². The predicted octanol–water partition coefficient (Wildman–Crippen LogP) is 3.35. The van der Waals surface area contributed by atoms with Gasteiger partial charge in [0.2, 0.25) is 0 Å². The number of aromatic nitrogens is 3. The third-order valence-corrected chi connectivity index (χ3v) is 2.79. The summed E-state index contributed by atoms with van der Waals surface area (Å²) < 4.78 is 39.1. The van der Waals surface area contributed by atoms with Crippen molar-refractivity contribution in [1.29, 1.82) is 0 Å². The number of hydrogen-bond acceptors (Lipinski definition) is 3. The van der Waals surface area contributed by atoms with Crippen molar-refractivity contribution < 1.29 is 13.2 Å². The van der Waals surface area contributed by atoms with E-state index < -0.39 is 11.9 Å². The van der Waals surface area contributed by atoms with Gasteiger partial charge in [-0.3, -0.25) is 0 Å². The standard InChI is InChI=1S/C12H15F3N4/c1-3-4-8(2)17-11-9-7-10(12(13,14)15)18-19(9)6-5-16-11/h5-8H,3-4H2,1-2H3,(H,16,17). The molecule has 0 aliphatic heterocycles. The molecule has 2 aromatic heterocycles. The highest BCUT2D eigenvalue weighted by atomic mass is 19.4. The molecule has 2 rings (SSSR count).